The number of aliphatic hydroxyl groups is 2. The Bertz CT molecular complexity index is 905. The third-order valence-electron chi connectivity index (χ3n) is 4.65. The predicted molar refractivity (Wildman–Crippen MR) is 93.5 cm³/mol. The van der Waals surface area contributed by atoms with Crippen LogP contribution in [0.15, 0.2) is 12.7 Å². The molecule has 2 aromatic heterocycles. The van der Waals surface area contributed by atoms with Crippen molar-refractivity contribution in [2.24, 2.45) is 0 Å². The van der Waals surface area contributed by atoms with Gasteiger partial charge in [-0.05, 0) is 13.3 Å². The van der Waals surface area contributed by atoms with Crippen LogP contribution in [0, 0.1) is 0 Å². The van der Waals surface area contributed by atoms with Crippen molar-refractivity contribution in [3.63, 3.8) is 0 Å². The first kappa shape index (κ1) is 21.0. The molecule has 28 heavy (non-hydrogen) atoms. The van der Waals surface area contributed by atoms with Crippen LogP contribution in [0.2, 0.25) is 0 Å². The van der Waals surface area contributed by atoms with Crippen LogP contribution in [0.3, 0.4) is 0 Å². The second-order valence-electron chi connectivity index (χ2n) is 6.17. The molecule has 2 aromatic rings. The number of aromatic nitrogens is 4. The number of rotatable bonds is 7. The van der Waals surface area contributed by atoms with Gasteiger partial charge in [0.05, 0.1) is 12.9 Å². The van der Waals surface area contributed by atoms with Crippen LogP contribution in [-0.2, 0) is 24.3 Å². The Balaban J connectivity index is 2.24. The number of phosphoric ester groups is 1. The fraction of sp³-hybridized carbons (Fsp3) is 0.643. The van der Waals surface area contributed by atoms with Crippen molar-refractivity contribution in [2.45, 2.75) is 44.0 Å². The minimum absolute atomic E-state index is 0.0381. The molecule has 14 heteroatoms. The van der Waals surface area contributed by atoms with Crippen LogP contribution in [0.25, 0.3) is 11.2 Å². The molecule has 6 N–H and O–H groups in total. The van der Waals surface area contributed by atoms with Gasteiger partial charge in [0.1, 0.15) is 17.9 Å². The summed E-state index contributed by atoms with van der Waals surface area (Å²) in [5.74, 6) is -2.31. The van der Waals surface area contributed by atoms with Gasteiger partial charge in [-0.25, -0.2) is 19.5 Å². The van der Waals surface area contributed by atoms with Crippen molar-refractivity contribution in [1.29, 1.82) is 0 Å². The zero-order chi connectivity index (χ0) is 20.7. The summed E-state index contributed by atoms with van der Waals surface area (Å²) in [7, 11) is -5.07. The Morgan fingerprint density at radius 3 is 2.64 bits per heavy atom. The first-order valence-corrected chi connectivity index (χ1v) is 9.99. The van der Waals surface area contributed by atoms with E-state index < -0.39 is 38.1 Å². The lowest BCUT2D eigenvalue weighted by molar-refractivity contribution is -0.320. The van der Waals surface area contributed by atoms with Gasteiger partial charge in [0.2, 0.25) is 11.5 Å². The summed E-state index contributed by atoms with van der Waals surface area (Å²) in [6, 6.07) is 0. The van der Waals surface area contributed by atoms with E-state index >= 15 is 0 Å². The molecule has 0 aliphatic carbocycles. The summed E-state index contributed by atoms with van der Waals surface area (Å²) in [5, 5.41) is 21.2. The van der Waals surface area contributed by atoms with E-state index in [1.165, 1.54) is 17.2 Å². The number of nitrogens with two attached hydrogens (primary N) is 1. The molecule has 13 nitrogen and oxygen atoms in total. The highest BCUT2D eigenvalue weighted by Gasteiger charge is 2.69. The zero-order valence-electron chi connectivity index (χ0n) is 15.2. The highest BCUT2D eigenvalue weighted by atomic mass is 31.2. The monoisotopic (exact) mass is 419 g/mol. The summed E-state index contributed by atoms with van der Waals surface area (Å²) < 4.78 is 29.0. The van der Waals surface area contributed by atoms with Crippen molar-refractivity contribution in [1.82, 2.24) is 19.5 Å². The summed E-state index contributed by atoms with van der Waals surface area (Å²) in [6.45, 7) is 2.47. The maximum atomic E-state index is 11.5. The lowest BCUT2D eigenvalue weighted by atomic mass is 9.95. The van der Waals surface area contributed by atoms with E-state index in [4.69, 9.17) is 19.7 Å². The van der Waals surface area contributed by atoms with Gasteiger partial charge in [-0.2, -0.15) is 0 Å². The number of nitrogen functional groups attached to an aromatic ring is 1. The number of hydrogen-bond acceptors (Lipinski definition) is 10. The van der Waals surface area contributed by atoms with Gasteiger partial charge >= 0.3 is 7.82 Å². The van der Waals surface area contributed by atoms with E-state index in [0.717, 1.165) is 0 Å². The summed E-state index contributed by atoms with van der Waals surface area (Å²) in [6.07, 6.45) is -0.509. The number of anilines is 1. The molecule has 3 heterocycles. The van der Waals surface area contributed by atoms with Crippen molar-refractivity contribution >= 4 is 24.8 Å². The van der Waals surface area contributed by atoms with Crippen LogP contribution in [0.4, 0.5) is 5.82 Å². The lowest BCUT2D eigenvalue weighted by Gasteiger charge is -2.42. The lowest BCUT2D eigenvalue weighted by Crippen LogP contribution is -2.59. The fourth-order valence-electron chi connectivity index (χ4n) is 3.56. The Kier molecular flexibility index (Phi) is 5.47. The van der Waals surface area contributed by atoms with Gasteiger partial charge in [0, 0.05) is 6.61 Å². The Morgan fingerprint density at radius 2 is 2.07 bits per heavy atom. The molecule has 3 rings (SSSR count). The van der Waals surface area contributed by atoms with Gasteiger partial charge < -0.3 is 35.2 Å². The molecule has 1 saturated heterocycles. The molecular formula is C14H22N5O8P. The Labute approximate surface area is 159 Å². The number of hydrogen-bond donors (Lipinski definition) is 5. The van der Waals surface area contributed by atoms with Crippen molar-refractivity contribution in [3.8, 4) is 0 Å². The highest BCUT2D eigenvalue weighted by Crippen LogP contribution is 2.53. The Hall–Kier alpha value is -1.70. The smallest absolute Gasteiger partial charge is 0.394 e. The van der Waals surface area contributed by atoms with E-state index in [-0.39, 0.29) is 30.0 Å². The average Bonchev–Trinajstić information content (AvgIpc) is 3.15. The SMILES string of the molecule is CCO[C@@]1(O)[C@H](OP(=O)(O)O)[C@@H](CO)O[C@@]1(CC)n1cnc2c(N)ncnc21. The first-order chi connectivity index (χ1) is 13.1. The van der Waals surface area contributed by atoms with Crippen LogP contribution in [-0.4, -0.2) is 70.7 Å². The van der Waals surface area contributed by atoms with E-state index in [2.05, 4.69) is 15.0 Å². The van der Waals surface area contributed by atoms with Gasteiger partial charge in [0.15, 0.2) is 17.6 Å². The van der Waals surface area contributed by atoms with Gasteiger partial charge in [-0.15, -0.1) is 0 Å². The van der Waals surface area contributed by atoms with Crippen molar-refractivity contribution in [2.75, 3.05) is 18.9 Å². The van der Waals surface area contributed by atoms with Crippen molar-refractivity contribution in [3.05, 3.63) is 12.7 Å². The van der Waals surface area contributed by atoms with Crippen molar-refractivity contribution < 1.29 is 38.6 Å². The summed E-state index contributed by atoms with van der Waals surface area (Å²) in [4.78, 5) is 30.7. The number of phosphoric acid groups is 1. The van der Waals surface area contributed by atoms with Gasteiger partial charge in [0.25, 0.3) is 0 Å². The third-order valence-corrected chi connectivity index (χ3v) is 5.16. The first-order valence-electron chi connectivity index (χ1n) is 8.46. The maximum absolute atomic E-state index is 11.5. The normalized spacial score (nSPS) is 30.9. The highest BCUT2D eigenvalue weighted by molar-refractivity contribution is 7.46. The van der Waals surface area contributed by atoms with Gasteiger partial charge in [-0.3, -0.25) is 9.09 Å². The molecule has 0 bridgehead atoms. The van der Waals surface area contributed by atoms with Crippen LogP contribution in [0.5, 0.6) is 0 Å². The molecule has 0 spiro atoms. The quantitative estimate of drug-likeness (QED) is 0.273. The summed E-state index contributed by atoms with van der Waals surface area (Å²) >= 11 is 0. The zero-order valence-corrected chi connectivity index (χ0v) is 16.1. The van der Waals surface area contributed by atoms with Crippen LogP contribution < -0.4 is 5.73 Å². The second kappa shape index (κ2) is 7.28. The number of aliphatic hydroxyl groups excluding tert-OH is 1. The second-order valence-corrected chi connectivity index (χ2v) is 7.36. The topological polar surface area (TPSA) is 195 Å². The van der Waals surface area contributed by atoms with Gasteiger partial charge in [-0.1, -0.05) is 6.92 Å². The molecule has 0 saturated carbocycles. The number of fused-ring (bicyclic) bond motifs is 1. The van der Waals surface area contributed by atoms with E-state index in [0.29, 0.717) is 0 Å². The molecule has 0 amide bonds. The maximum Gasteiger partial charge on any atom is 0.470 e. The number of nitrogens with zero attached hydrogens (tertiary/aromatic N) is 4. The fourth-order valence-corrected chi connectivity index (χ4v) is 4.13. The molecule has 1 aliphatic rings. The molecule has 0 radical (unpaired) electrons. The third kappa shape index (κ3) is 3.09. The Morgan fingerprint density at radius 1 is 1.36 bits per heavy atom. The minimum Gasteiger partial charge on any atom is -0.394 e. The number of imidazole rings is 1. The molecule has 156 valence electrons. The largest absolute Gasteiger partial charge is 0.470 e. The van der Waals surface area contributed by atoms with E-state index in [1.807, 2.05) is 0 Å². The molecular weight excluding hydrogens is 397 g/mol. The number of ether oxygens (including phenoxy) is 2. The van der Waals surface area contributed by atoms with E-state index in [9.17, 15) is 24.6 Å². The molecule has 0 unspecified atom stereocenters. The molecule has 1 fully saturated rings. The standard InChI is InChI=1S/C14H22N5O8P/c1-3-13(19-7-18-9-11(15)16-6-17-12(9)19)14(21,25-4-2)10(8(5-20)26-13)27-28(22,23)24/h6-8,10,20-21H,3-5H2,1-2H3,(H2,15,16,17)(H2,22,23,24)/t8-,10-,13-,14+/m1/s1. The van der Waals surface area contributed by atoms with Crippen LogP contribution >= 0.6 is 7.82 Å². The predicted octanol–water partition coefficient (Wildman–Crippen LogP) is -0.935. The molecule has 4 atom stereocenters. The average molecular weight is 419 g/mol. The van der Waals surface area contributed by atoms with E-state index in [1.54, 1.807) is 13.8 Å². The molecule has 0 aromatic carbocycles. The summed E-state index contributed by atoms with van der Waals surface area (Å²) in [5.41, 5.74) is 4.46. The van der Waals surface area contributed by atoms with Crippen LogP contribution in [0.1, 0.15) is 20.3 Å². The molecule has 1 aliphatic heterocycles. The minimum atomic E-state index is -5.07.